The summed E-state index contributed by atoms with van der Waals surface area (Å²) in [6.45, 7) is 3.68. The Morgan fingerprint density at radius 3 is 2.45 bits per heavy atom. The Morgan fingerprint density at radius 1 is 1.18 bits per heavy atom. The number of ether oxygens (including phenoxy) is 1. The molecule has 1 aliphatic rings. The van der Waals surface area contributed by atoms with Gasteiger partial charge in [-0.15, -0.1) is 0 Å². The summed E-state index contributed by atoms with van der Waals surface area (Å²) in [4.78, 5) is 27.7. The molecule has 1 aliphatic carbocycles. The fraction of sp³-hybridized carbons (Fsp3) is 0.440. The van der Waals surface area contributed by atoms with Gasteiger partial charge in [0.1, 0.15) is 11.8 Å². The van der Waals surface area contributed by atoms with Crippen molar-refractivity contribution >= 4 is 50.9 Å². The van der Waals surface area contributed by atoms with Crippen molar-refractivity contribution in [2.24, 2.45) is 0 Å². The molecule has 5 nitrogen and oxygen atoms in total. The van der Waals surface area contributed by atoms with E-state index in [2.05, 4.69) is 28.2 Å². The lowest BCUT2D eigenvalue weighted by Crippen LogP contribution is -2.50. The smallest absolute Gasteiger partial charge is 0.261 e. The van der Waals surface area contributed by atoms with E-state index in [1.54, 1.807) is 25.1 Å². The van der Waals surface area contributed by atoms with Crippen LogP contribution in [-0.2, 0) is 22.6 Å². The number of hydrogen-bond acceptors (Lipinski definition) is 3. The molecule has 178 valence electrons. The van der Waals surface area contributed by atoms with Gasteiger partial charge >= 0.3 is 0 Å². The van der Waals surface area contributed by atoms with Gasteiger partial charge in [-0.1, -0.05) is 55.1 Å². The van der Waals surface area contributed by atoms with E-state index in [9.17, 15) is 9.59 Å². The standard InChI is InChI=1S/C25H29BrCl2N2O3/c1-3-17-11-12-23(20(26)13-17)33-15-24(31)30(14-19-21(27)9-6-10-22(19)28)16(2)25(32)29-18-7-4-5-8-18/h6,9-13,16,18H,3-5,7-8,14-15H2,1-2H3,(H,29,32)/t16-/m0/s1. The predicted octanol–water partition coefficient (Wildman–Crippen LogP) is 6.17. The first-order chi connectivity index (χ1) is 15.8. The summed E-state index contributed by atoms with van der Waals surface area (Å²) < 4.78 is 6.58. The molecule has 1 saturated carbocycles. The quantitative estimate of drug-likeness (QED) is 0.402. The van der Waals surface area contributed by atoms with E-state index in [4.69, 9.17) is 27.9 Å². The molecule has 1 N–H and O–H groups in total. The van der Waals surface area contributed by atoms with Crippen molar-refractivity contribution in [3.05, 3.63) is 62.0 Å². The van der Waals surface area contributed by atoms with E-state index in [1.165, 1.54) is 4.90 Å². The minimum absolute atomic E-state index is 0.107. The van der Waals surface area contributed by atoms with Crippen LogP contribution in [0, 0.1) is 0 Å². The van der Waals surface area contributed by atoms with E-state index < -0.39 is 6.04 Å². The molecule has 8 heteroatoms. The molecule has 1 atom stereocenters. The second-order valence-electron chi connectivity index (χ2n) is 8.29. The van der Waals surface area contributed by atoms with Gasteiger partial charge in [-0.05, 0) is 71.9 Å². The summed E-state index contributed by atoms with van der Waals surface area (Å²) in [6, 6.07) is 10.4. The number of carbonyl (C=O) groups excluding carboxylic acids is 2. The van der Waals surface area contributed by atoms with Gasteiger partial charge in [-0.25, -0.2) is 0 Å². The van der Waals surface area contributed by atoms with E-state index >= 15 is 0 Å². The number of rotatable bonds is 9. The van der Waals surface area contributed by atoms with Crippen LogP contribution < -0.4 is 10.1 Å². The monoisotopic (exact) mass is 554 g/mol. The Hall–Kier alpha value is -1.76. The number of carbonyl (C=O) groups is 2. The van der Waals surface area contributed by atoms with Gasteiger partial charge in [0.15, 0.2) is 6.61 Å². The molecule has 0 bridgehead atoms. The maximum Gasteiger partial charge on any atom is 0.261 e. The third kappa shape index (κ3) is 6.87. The van der Waals surface area contributed by atoms with Crippen molar-refractivity contribution in [3.8, 4) is 5.75 Å². The molecule has 0 saturated heterocycles. The average Bonchev–Trinajstić information content (AvgIpc) is 3.30. The fourth-order valence-electron chi connectivity index (χ4n) is 3.93. The molecular weight excluding hydrogens is 527 g/mol. The highest BCUT2D eigenvalue weighted by atomic mass is 79.9. The highest BCUT2D eigenvalue weighted by Gasteiger charge is 2.29. The molecule has 0 heterocycles. The topological polar surface area (TPSA) is 58.6 Å². The van der Waals surface area contributed by atoms with Gasteiger partial charge in [-0.2, -0.15) is 0 Å². The summed E-state index contributed by atoms with van der Waals surface area (Å²) >= 11 is 16.2. The Bertz CT molecular complexity index is 975. The number of aryl methyl sites for hydroxylation is 1. The number of hydrogen-bond donors (Lipinski definition) is 1. The van der Waals surface area contributed by atoms with Gasteiger partial charge in [-0.3, -0.25) is 9.59 Å². The second-order valence-corrected chi connectivity index (χ2v) is 9.96. The lowest BCUT2D eigenvalue weighted by Gasteiger charge is -2.30. The zero-order valence-corrected chi connectivity index (χ0v) is 22.0. The lowest BCUT2D eigenvalue weighted by atomic mass is 10.1. The van der Waals surface area contributed by atoms with E-state index in [0.29, 0.717) is 21.4 Å². The van der Waals surface area contributed by atoms with E-state index in [1.807, 2.05) is 18.2 Å². The third-order valence-corrected chi connectivity index (χ3v) is 7.34. The highest BCUT2D eigenvalue weighted by molar-refractivity contribution is 9.10. The average molecular weight is 556 g/mol. The first-order valence-corrected chi connectivity index (χ1v) is 12.8. The Balaban J connectivity index is 1.77. The van der Waals surface area contributed by atoms with Crippen LogP contribution in [0.5, 0.6) is 5.75 Å². The van der Waals surface area contributed by atoms with Gasteiger partial charge in [0.05, 0.1) is 4.47 Å². The lowest BCUT2D eigenvalue weighted by molar-refractivity contribution is -0.142. The third-order valence-electron chi connectivity index (χ3n) is 6.01. The number of amides is 2. The highest BCUT2D eigenvalue weighted by Crippen LogP contribution is 2.28. The van der Waals surface area contributed by atoms with Crippen LogP contribution in [0.15, 0.2) is 40.9 Å². The van der Waals surface area contributed by atoms with Crippen molar-refractivity contribution in [3.63, 3.8) is 0 Å². The molecule has 0 aromatic heterocycles. The number of benzene rings is 2. The molecule has 0 aliphatic heterocycles. The molecule has 2 amide bonds. The summed E-state index contributed by atoms with van der Waals surface area (Å²) in [6.07, 6.45) is 5.05. The second kappa shape index (κ2) is 12.1. The normalized spacial score (nSPS) is 14.7. The molecule has 0 radical (unpaired) electrons. The summed E-state index contributed by atoms with van der Waals surface area (Å²) in [7, 11) is 0. The first kappa shape index (κ1) is 25.9. The van der Waals surface area contributed by atoms with Crippen LogP contribution in [0.3, 0.4) is 0 Å². The predicted molar refractivity (Wildman–Crippen MR) is 136 cm³/mol. The summed E-state index contributed by atoms with van der Waals surface area (Å²) in [5, 5.41) is 3.97. The van der Waals surface area contributed by atoms with Crippen LogP contribution in [0.1, 0.15) is 50.7 Å². The van der Waals surface area contributed by atoms with Crippen molar-refractivity contribution in [1.82, 2.24) is 10.2 Å². The number of nitrogens with one attached hydrogen (secondary N) is 1. The van der Waals surface area contributed by atoms with Gasteiger partial charge in [0, 0.05) is 28.2 Å². The Kier molecular flexibility index (Phi) is 9.47. The van der Waals surface area contributed by atoms with Crippen LogP contribution in [-0.4, -0.2) is 35.4 Å². The van der Waals surface area contributed by atoms with Gasteiger partial charge < -0.3 is 15.0 Å². The first-order valence-electron chi connectivity index (χ1n) is 11.2. The molecule has 2 aromatic carbocycles. The van der Waals surface area contributed by atoms with Crippen LogP contribution in [0.2, 0.25) is 10.0 Å². The van der Waals surface area contributed by atoms with Crippen molar-refractivity contribution < 1.29 is 14.3 Å². The van der Waals surface area contributed by atoms with Crippen LogP contribution in [0.25, 0.3) is 0 Å². The zero-order valence-electron chi connectivity index (χ0n) is 18.9. The minimum atomic E-state index is -0.708. The van der Waals surface area contributed by atoms with Gasteiger partial charge in [0.25, 0.3) is 5.91 Å². The number of halogens is 3. The van der Waals surface area contributed by atoms with Crippen LogP contribution in [0.4, 0.5) is 0 Å². The molecule has 0 spiro atoms. The minimum Gasteiger partial charge on any atom is -0.483 e. The van der Waals surface area contributed by atoms with E-state index in [0.717, 1.165) is 42.1 Å². The van der Waals surface area contributed by atoms with Crippen molar-refractivity contribution in [1.29, 1.82) is 0 Å². The van der Waals surface area contributed by atoms with Crippen LogP contribution >= 0.6 is 39.1 Å². The SMILES string of the molecule is CCc1ccc(OCC(=O)N(Cc2c(Cl)cccc2Cl)[C@@H](C)C(=O)NC2CCCC2)c(Br)c1. The summed E-state index contributed by atoms with van der Waals surface area (Å²) in [5.74, 6) is 0.0535. The summed E-state index contributed by atoms with van der Waals surface area (Å²) in [5.41, 5.74) is 1.76. The molecule has 2 aromatic rings. The maximum absolute atomic E-state index is 13.3. The van der Waals surface area contributed by atoms with Gasteiger partial charge in [0.2, 0.25) is 5.91 Å². The molecule has 0 unspecified atom stereocenters. The molecule has 33 heavy (non-hydrogen) atoms. The fourth-order valence-corrected chi connectivity index (χ4v) is 4.99. The zero-order chi connectivity index (χ0) is 24.0. The van der Waals surface area contributed by atoms with E-state index in [-0.39, 0.29) is 31.0 Å². The maximum atomic E-state index is 13.3. The van der Waals surface area contributed by atoms with Crippen molar-refractivity contribution in [2.75, 3.05) is 6.61 Å². The molecule has 3 rings (SSSR count). The van der Waals surface area contributed by atoms with Crippen molar-refractivity contribution in [2.45, 2.75) is 64.6 Å². The Labute approximate surface area is 213 Å². The molecule has 1 fully saturated rings. The number of nitrogens with zero attached hydrogens (tertiary/aromatic N) is 1. The molecular formula is C25H29BrCl2N2O3. The largest absolute Gasteiger partial charge is 0.483 e. The Morgan fingerprint density at radius 2 is 1.85 bits per heavy atom.